The molecule has 7 heteroatoms. The zero-order valence-electron chi connectivity index (χ0n) is 18.9. The molecule has 2 aromatic carbocycles. The Kier molecular flexibility index (Phi) is 6.33. The van der Waals surface area contributed by atoms with Gasteiger partial charge >= 0.3 is 0 Å². The van der Waals surface area contributed by atoms with Gasteiger partial charge in [0.25, 0.3) is 5.91 Å². The molecule has 1 amide bonds. The average Bonchev–Trinajstić information content (AvgIpc) is 3.45. The summed E-state index contributed by atoms with van der Waals surface area (Å²) >= 11 is 1.58. The second-order valence-electron chi connectivity index (χ2n) is 8.16. The molecule has 170 valence electrons. The number of methoxy groups -OCH3 is 2. The molecule has 6 nitrogen and oxygen atoms in total. The highest BCUT2D eigenvalue weighted by atomic mass is 32.1. The first-order chi connectivity index (χ1) is 15.9. The zero-order chi connectivity index (χ0) is 23.7. The number of ether oxygens (including phenoxy) is 2. The smallest absolute Gasteiger partial charge is 0.295 e. The van der Waals surface area contributed by atoms with Crippen molar-refractivity contribution in [1.82, 2.24) is 0 Å². The maximum atomic E-state index is 13.3. The molecular weight excluding hydrogens is 438 g/mol. The summed E-state index contributed by atoms with van der Waals surface area (Å²) in [6.45, 7) is 3.47. The van der Waals surface area contributed by atoms with Gasteiger partial charge < -0.3 is 9.47 Å². The number of nitrogens with zero attached hydrogens (tertiary/aromatic N) is 1. The molecule has 2 heterocycles. The highest BCUT2D eigenvalue weighted by Crippen LogP contribution is 2.45. The fourth-order valence-corrected chi connectivity index (χ4v) is 4.96. The molecule has 0 saturated carbocycles. The first-order valence-electron chi connectivity index (χ1n) is 10.6. The quantitative estimate of drug-likeness (QED) is 0.367. The van der Waals surface area contributed by atoms with Crippen LogP contribution >= 0.6 is 11.3 Å². The molecule has 2 unspecified atom stereocenters. The van der Waals surface area contributed by atoms with Crippen molar-refractivity contribution >= 4 is 34.5 Å². The van der Waals surface area contributed by atoms with E-state index in [0.717, 1.165) is 11.1 Å². The van der Waals surface area contributed by atoms with E-state index in [1.165, 1.54) is 12.0 Å². The minimum absolute atomic E-state index is 0.270. The average molecular weight is 464 g/mol. The molecular formula is C26H25NO5S. The molecule has 4 rings (SSSR count). The van der Waals surface area contributed by atoms with Gasteiger partial charge in [0.05, 0.1) is 20.3 Å². The topological polar surface area (TPSA) is 72.9 Å². The number of thiophene rings is 1. The number of hydrogen-bond acceptors (Lipinski definition) is 6. The number of anilines is 1. The molecule has 33 heavy (non-hydrogen) atoms. The lowest BCUT2D eigenvalue weighted by Gasteiger charge is -2.29. The van der Waals surface area contributed by atoms with Crippen LogP contribution < -0.4 is 14.4 Å². The van der Waals surface area contributed by atoms with Gasteiger partial charge in [-0.15, -0.1) is 0 Å². The van der Waals surface area contributed by atoms with E-state index in [1.807, 2.05) is 29.0 Å². The second kappa shape index (κ2) is 9.19. The highest BCUT2D eigenvalue weighted by Gasteiger charge is 2.53. The fourth-order valence-electron chi connectivity index (χ4n) is 4.31. The van der Waals surface area contributed by atoms with Gasteiger partial charge in [-0.3, -0.25) is 19.3 Å². The van der Waals surface area contributed by atoms with Crippen LogP contribution in [0.4, 0.5) is 5.69 Å². The van der Waals surface area contributed by atoms with E-state index in [-0.39, 0.29) is 5.78 Å². The number of para-hydroxylation sites is 1. The predicted molar refractivity (Wildman–Crippen MR) is 128 cm³/mol. The number of amides is 1. The molecule has 1 aromatic heterocycles. The van der Waals surface area contributed by atoms with Gasteiger partial charge in [-0.05, 0) is 40.6 Å². The first kappa shape index (κ1) is 22.7. The van der Waals surface area contributed by atoms with Crippen LogP contribution in [0.2, 0.25) is 0 Å². The van der Waals surface area contributed by atoms with E-state index in [2.05, 4.69) is 0 Å². The normalized spacial score (nSPS) is 18.2. The van der Waals surface area contributed by atoms with Crippen LogP contribution in [0, 0.1) is 11.8 Å². The molecule has 1 saturated heterocycles. The van der Waals surface area contributed by atoms with Gasteiger partial charge in [0.1, 0.15) is 23.2 Å². The fraction of sp³-hybridized carbons (Fsp3) is 0.269. The van der Waals surface area contributed by atoms with Crippen molar-refractivity contribution in [3.8, 4) is 22.6 Å². The minimum Gasteiger partial charge on any atom is -0.496 e. The Labute approximate surface area is 196 Å². The lowest BCUT2D eigenvalue weighted by atomic mass is 9.84. The molecule has 1 aliphatic heterocycles. The van der Waals surface area contributed by atoms with Crippen LogP contribution in [-0.2, 0) is 14.4 Å². The summed E-state index contributed by atoms with van der Waals surface area (Å²) in [6, 6.07) is 13.7. The van der Waals surface area contributed by atoms with E-state index in [1.54, 1.807) is 62.6 Å². The number of hydrogen-bond donors (Lipinski definition) is 0. The predicted octanol–water partition coefficient (Wildman–Crippen LogP) is 4.93. The van der Waals surface area contributed by atoms with Crippen LogP contribution in [0.25, 0.3) is 11.1 Å². The summed E-state index contributed by atoms with van der Waals surface area (Å²) in [5.41, 5.74) is 2.98. The Bertz CT molecular complexity index is 1200. The monoisotopic (exact) mass is 463 g/mol. The largest absolute Gasteiger partial charge is 0.496 e. The van der Waals surface area contributed by atoms with Gasteiger partial charge in [0, 0.05) is 28.8 Å². The third-order valence-electron chi connectivity index (χ3n) is 5.93. The van der Waals surface area contributed by atoms with Crippen LogP contribution in [0.1, 0.15) is 25.5 Å². The van der Waals surface area contributed by atoms with E-state index in [9.17, 15) is 14.4 Å². The van der Waals surface area contributed by atoms with Gasteiger partial charge in [-0.1, -0.05) is 32.0 Å². The molecule has 0 radical (unpaired) electrons. The van der Waals surface area contributed by atoms with Crippen molar-refractivity contribution in [2.45, 2.75) is 19.9 Å². The van der Waals surface area contributed by atoms with Crippen molar-refractivity contribution in [3.63, 3.8) is 0 Å². The number of ketones is 2. The number of rotatable bonds is 7. The summed E-state index contributed by atoms with van der Waals surface area (Å²) in [4.78, 5) is 41.0. The molecule has 1 fully saturated rings. The SMILES string of the molecule is COc1cc(N2C(=O)C(=O)C(C(=O)C(C)C)C2c2ccccc2OC)ccc1-c1ccsc1. The Morgan fingerprint density at radius 1 is 1.00 bits per heavy atom. The molecule has 0 aliphatic carbocycles. The Balaban J connectivity index is 1.89. The maximum Gasteiger partial charge on any atom is 0.295 e. The lowest BCUT2D eigenvalue weighted by molar-refractivity contribution is -0.139. The summed E-state index contributed by atoms with van der Waals surface area (Å²) in [7, 11) is 3.09. The Morgan fingerprint density at radius 3 is 2.36 bits per heavy atom. The summed E-state index contributed by atoms with van der Waals surface area (Å²) in [5.74, 6) is -2.12. The zero-order valence-corrected chi connectivity index (χ0v) is 19.7. The summed E-state index contributed by atoms with van der Waals surface area (Å²) < 4.78 is 11.1. The summed E-state index contributed by atoms with van der Waals surface area (Å²) in [6.07, 6.45) is 0. The minimum atomic E-state index is -1.11. The highest BCUT2D eigenvalue weighted by molar-refractivity contribution is 7.08. The van der Waals surface area contributed by atoms with E-state index in [4.69, 9.17) is 9.47 Å². The van der Waals surface area contributed by atoms with Crippen LogP contribution in [0.5, 0.6) is 11.5 Å². The summed E-state index contributed by atoms with van der Waals surface area (Å²) in [5, 5.41) is 3.99. The number of benzene rings is 2. The first-order valence-corrected chi connectivity index (χ1v) is 11.6. The van der Waals surface area contributed by atoms with Crippen LogP contribution in [-0.4, -0.2) is 31.7 Å². The molecule has 0 N–H and O–H groups in total. The van der Waals surface area contributed by atoms with Crippen molar-refractivity contribution in [2.24, 2.45) is 11.8 Å². The van der Waals surface area contributed by atoms with Gasteiger partial charge in [0.15, 0.2) is 0 Å². The molecule has 0 spiro atoms. The lowest BCUT2D eigenvalue weighted by Crippen LogP contribution is -2.32. The van der Waals surface area contributed by atoms with Crippen LogP contribution in [0.3, 0.4) is 0 Å². The number of Topliss-reactive ketones (excluding diaryl/α,β-unsaturated/α-hetero) is 2. The third kappa shape index (κ3) is 3.93. The Morgan fingerprint density at radius 2 is 1.73 bits per heavy atom. The molecule has 3 aromatic rings. The molecule has 0 bridgehead atoms. The standard InChI is InChI=1S/C26H25NO5S/c1-15(2)24(28)22-23(19-7-5-6-8-20(19)31-3)27(26(30)25(22)29)17-9-10-18(21(13-17)32-4)16-11-12-33-14-16/h5-15,22-23H,1-4H3. The third-order valence-corrected chi connectivity index (χ3v) is 6.62. The number of carbonyl (C=O) groups is 3. The van der Waals surface area contributed by atoms with Crippen molar-refractivity contribution < 1.29 is 23.9 Å². The van der Waals surface area contributed by atoms with Gasteiger partial charge in [-0.25, -0.2) is 0 Å². The maximum absolute atomic E-state index is 13.3. The van der Waals surface area contributed by atoms with E-state index in [0.29, 0.717) is 22.7 Å². The van der Waals surface area contributed by atoms with E-state index < -0.39 is 29.6 Å². The van der Waals surface area contributed by atoms with Crippen molar-refractivity contribution in [3.05, 3.63) is 64.9 Å². The van der Waals surface area contributed by atoms with Crippen molar-refractivity contribution in [2.75, 3.05) is 19.1 Å². The van der Waals surface area contributed by atoms with Gasteiger partial charge in [0.2, 0.25) is 5.78 Å². The van der Waals surface area contributed by atoms with Crippen LogP contribution in [0.15, 0.2) is 59.3 Å². The van der Waals surface area contributed by atoms with Gasteiger partial charge in [-0.2, -0.15) is 11.3 Å². The molecule has 1 aliphatic rings. The molecule has 2 atom stereocenters. The Hall–Kier alpha value is -3.45. The second-order valence-corrected chi connectivity index (χ2v) is 8.94. The van der Waals surface area contributed by atoms with E-state index >= 15 is 0 Å². The number of carbonyl (C=O) groups excluding carboxylic acids is 3. The van der Waals surface area contributed by atoms with Crippen molar-refractivity contribution in [1.29, 1.82) is 0 Å².